The van der Waals surface area contributed by atoms with Crippen LogP contribution in [0.1, 0.15) is 39.0 Å². The van der Waals surface area contributed by atoms with E-state index >= 15 is 0 Å². The normalized spacial score (nSPS) is 10.3. The molecule has 24 heavy (non-hydrogen) atoms. The monoisotopic (exact) mass is 328 g/mol. The summed E-state index contributed by atoms with van der Waals surface area (Å²) < 4.78 is 4.78. The van der Waals surface area contributed by atoms with Crippen LogP contribution in [0.2, 0.25) is 0 Å². The first-order chi connectivity index (χ1) is 11.4. The third-order valence-corrected chi connectivity index (χ3v) is 3.91. The molecular weight excluding hydrogens is 308 g/mol. The molecule has 0 bridgehead atoms. The van der Waals surface area contributed by atoms with E-state index in [0.29, 0.717) is 17.0 Å². The smallest absolute Gasteiger partial charge is 0.339 e. The Morgan fingerprint density at radius 1 is 1.17 bits per heavy atom. The average molecular weight is 328 g/mol. The van der Waals surface area contributed by atoms with Gasteiger partial charge in [-0.2, -0.15) is 0 Å². The van der Waals surface area contributed by atoms with Crippen molar-refractivity contribution in [3.8, 4) is 0 Å². The number of aromatic nitrogens is 1. The van der Waals surface area contributed by atoms with Gasteiger partial charge in [0.1, 0.15) is 0 Å². The van der Waals surface area contributed by atoms with Crippen molar-refractivity contribution in [3.63, 3.8) is 0 Å². The number of esters is 1. The number of Topliss-reactive ketones (excluding diaryl/α,β-unsaturated/α-hetero) is 1. The Morgan fingerprint density at radius 3 is 2.33 bits per heavy atom. The zero-order valence-electron chi connectivity index (χ0n) is 14.2. The summed E-state index contributed by atoms with van der Waals surface area (Å²) in [7, 11) is 2.93. The summed E-state index contributed by atoms with van der Waals surface area (Å²) in [5.41, 5.74) is 2.20. The van der Waals surface area contributed by atoms with E-state index in [0.717, 1.165) is 5.69 Å². The van der Waals surface area contributed by atoms with Crippen LogP contribution in [0.25, 0.3) is 0 Å². The molecule has 0 radical (unpaired) electrons. The van der Waals surface area contributed by atoms with Gasteiger partial charge in [-0.25, -0.2) is 4.79 Å². The van der Waals surface area contributed by atoms with E-state index in [1.807, 2.05) is 30.3 Å². The number of hydrogen-bond acceptors (Lipinski definition) is 4. The maximum absolute atomic E-state index is 12.5. The molecule has 2 rings (SSSR count). The molecule has 126 valence electrons. The topological polar surface area (TPSA) is 79.5 Å². The second-order valence-electron chi connectivity index (χ2n) is 5.49. The number of para-hydroxylation sites is 1. The number of rotatable bonds is 5. The van der Waals surface area contributed by atoms with Crippen LogP contribution in [-0.2, 0) is 16.0 Å². The minimum atomic E-state index is -0.568. The molecule has 1 heterocycles. The summed E-state index contributed by atoms with van der Waals surface area (Å²) in [5.74, 6) is -0.975. The highest BCUT2D eigenvalue weighted by molar-refractivity contribution is 6.02. The summed E-state index contributed by atoms with van der Waals surface area (Å²) in [6.07, 6.45) is -0.0378. The summed E-state index contributed by atoms with van der Waals surface area (Å²) in [6.45, 7) is 3.07. The maximum atomic E-state index is 12.5. The number of nitrogens with one attached hydrogen (secondary N) is 1. The van der Waals surface area contributed by atoms with Crippen LogP contribution >= 0.6 is 0 Å². The lowest BCUT2D eigenvalue weighted by atomic mass is 10.1. The van der Waals surface area contributed by atoms with Gasteiger partial charge in [0.15, 0.2) is 5.78 Å². The molecule has 1 aromatic carbocycles. The Bertz CT molecular complexity index is 778. The van der Waals surface area contributed by atoms with Crippen molar-refractivity contribution >= 4 is 23.3 Å². The highest BCUT2D eigenvalue weighted by Crippen LogP contribution is 2.22. The number of carbonyl (C=O) groups is 3. The Labute approximate surface area is 140 Å². The maximum Gasteiger partial charge on any atom is 0.339 e. The second-order valence-corrected chi connectivity index (χ2v) is 5.49. The lowest BCUT2D eigenvalue weighted by Gasteiger charge is -2.17. The van der Waals surface area contributed by atoms with Crippen molar-refractivity contribution in [2.45, 2.75) is 20.3 Å². The molecule has 0 aliphatic carbocycles. The predicted molar refractivity (Wildman–Crippen MR) is 90.4 cm³/mol. The molecule has 0 saturated carbocycles. The molecule has 1 amide bonds. The van der Waals surface area contributed by atoms with Gasteiger partial charge >= 0.3 is 5.97 Å². The molecule has 0 aliphatic rings. The van der Waals surface area contributed by atoms with Crippen LogP contribution in [0.5, 0.6) is 0 Å². The first-order valence-electron chi connectivity index (χ1n) is 7.49. The first kappa shape index (κ1) is 17.5. The van der Waals surface area contributed by atoms with Gasteiger partial charge in [-0.15, -0.1) is 0 Å². The number of aromatic amines is 1. The van der Waals surface area contributed by atoms with E-state index in [2.05, 4.69) is 4.98 Å². The molecule has 1 N–H and O–H groups in total. The predicted octanol–water partition coefficient (Wildman–Crippen LogP) is 2.52. The van der Waals surface area contributed by atoms with Gasteiger partial charge in [-0.1, -0.05) is 18.2 Å². The van der Waals surface area contributed by atoms with Gasteiger partial charge in [0.2, 0.25) is 5.91 Å². The number of H-pyrrole nitrogens is 1. The van der Waals surface area contributed by atoms with E-state index < -0.39 is 5.97 Å². The molecule has 0 saturated heterocycles. The zero-order chi connectivity index (χ0) is 17.9. The van der Waals surface area contributed by atoms with E-state index in [9.17, 15) is 14.4 Å². The quantitative estimate of drug-likeness (QED) is 0.675. The largest absolute Gasteiger partial charge is 0.465 e. The Balaban J connectivity index is 2.35. The van der Waals surface area contributed by atoms with Crippen molar-refractivity contribution in [2.24, 2.45) is 0 Å². The fraction of sp³-hybridized carbons (Fsp3) is 0.278. The Hall–Kier alpha value is -2.89. The van der Waals surface area contributed by atoms with E-state index in [4.69, 9.17) is 4.74 Å². The third kappa shape index (κ3) is 3.37. The van der Waals surface area contributed by atoms with Crippen molar-refractivity contribution in [1.29, 1.82) is 0 Å². The van der Waals surface area contributed by atoms with Crippen molar-refractivity contribution in [3.05, 3.63) is 52.8 Å². The number of amides is 1. The van der Waals surface area contributed by atoms with Gasteiger partial charge in [0.05, 0.1) is 24.8 Å². The van der Waals surface area contributed by atoms with Crippen LogP contribution < -0.4 is 4.90 Å². The molecule has 0 aliphatic heterocycles. The number of ketones is 1. The Morgan fingerprint density at radius 2 is 1.79 bits per heavy atom. The summed E-state index contributed by atoms with van der Waals surface area (Å²) in [6, 6.07) is 9.18. The number of benzene rings is 1. The van der Waals surface area contributed by atoms with Gasteiger partial charge in [0, 0.05) is 25.4 Å². The number of likely N-dealkylation sites (N-methyl/N-ethyl adjacent to an activating group) is 1. The van der Waals surface area contributed by atoms with Gasteiger partial charge in [-0.05, 0) is 24.6 Å². The number of nitrogens with zero attached hydrogens (tertiary/aromatic N) is 1. The minimum Gasteiger partial charge on any atom is -0.465 e. The molecule has 6 heteroatoms. The standard InChI is InChI=1S/C18H20N2O4/c1-11-16(18(23)24-4)14(19-17(11)12(2)21)10-15(22)20(3)13-8-6-5-7-9-13/h5-9,19H,10H2,1-4H3. The lowest BCUT2D eigenvalue weighted by molar-refractivity contribution is -0.117. The van der Waals surface area contributed by atoms with Gasteiger partial charge in [0.25, 0.3) is 0 Å². The fourth-order valence-corrected chi connectivity index (χ4v) is 2.59. The van der Waals surface area contributed by atoms with E-state index in [1.54, 1.807) is 14.0 Å². The summed E-state index contributed by atoms with van der Waals surface area (Å²) >= 11 is 0. The summed E-state index contributed by atoms with van der Waals surface area (Å²) in [5, 5.41) is 0. The number of ether oxygens (including phenoxy) is 1. The molecular formula is C18H20N2O4. The summed E-state index contributed by atoms with van der Waals surface area (Å²) in [4.78, 5) is 40.7. The SMILES string of the molecule is COC(=O)c1c(CC(=O)N(C)c2ccccc2)[nH]c(C(C)=O)c1C. The van der Waals surface area contributed by atoms with E-state index in [-0.39, 0.29) is 23.7 Å². The minimum absolute atomic E-state index is 0.0378. The number of anilines is 1. The van der Waals surface area contributed by atoms with Crippen molar-refractivity contribution < 1.29 is 19.1 Å². The van der Waals surface area contributed by atoms with Crippen molar-refractivity contribution in [1.82, 2.24) is 4.98 Å². The highest BCUT2D eigenvalue weighted by atomic mass is 16.5. The van der Waals surface area contributed by atoms with Crippen LogP contribution in [0.4, 0.5) is 5.69 Å². The Kier molecular flexibility index (Phi) is 5.18. The molecule has 1 aromatic heterocycles. The number of carbonyl (C=O) groups excluding carboxylic acids is 3. The lowest BCUT2D eigenvalue weighted by Crippen LogP contribution is -2.28. The molecule has 2 aromatic rings. The molecule has 0 spiro atoms. The van der Waals surface area contributed by atoms with Crippen LogP contribution in [-0.4, -0.2) is 36.8 Å². The van der Waals surface area contributed by atoms with E-state index in [1.165, 1.54) is 18.9 Å². The van der Waals surface area contributed by atoms with Crippen molar-refractivity contribution in [2.75, 3.05) is 19.1 Å². The zero-order valence-corrected chi connectivity index (χ0v) is 14.2. The molecule has 6 nitrogen and oxygen atoms in total. The highest BCUT2D eigenvalue weighted by Gasteiger charge is 2.25. The van der Waals surface area contributed by atoms with Gasteiger partial charge in [-0.3, -0.25) is 9.59 Å². The molecule has 0 unspecified atom stereocenters. The van der Waals surface area contributed by atoms with Gasteiger partial charge < -0.3 is 14.6 Å². The van der Waals surface area contributed by atoms with Crippen LogP contribution in [0.15, 0.2) is 30.3 Å². The number of methoxy groups -OCH3 is 1. The average Bonchev–Trinajstić information content (AvgIpc) is 2.90. The molecule has 0 fully saturated rings. The van der Waals surface area contributed by atoms with Crippen LogP contribution in [0.3, 0.4) is 0 Å². The van der Waals surface area contributed by atoms with Crippen LogP contribution in [0, 0.1) is 6.92 Å². The third-order valence-electron chi connectivity index (χ3n) is 3.91. The first-order valence-corrected chi connectivity index (χ1v) is 7.49. The second kappa shape index (κ2) is 7.12. The number of hydrogen-bond donors (Lipinski definition) is 1. The fourth-order valence-electron chi connectivity index (χ4n) is 2.59. The molecule has 0 atom stereocenters.